The van der Waals surface area contributed by atoms with Crippen LogP contribution in [-0.2, 0) is 0 Å². The van der Waals surface area contributed by atoms with Crippen molar-refractivity contribution in [3.8, 4) is 5.88 Å². The fourth-order valence-electron chi connectivity index (χ4n) is 4.13. The van der Waals surface area contributed by atoms with Crippen molar-refractivity contribution in [3.05, 3.63) is 58.5 Å². The van der Waals surface area contributed by atoms with Crippen molar-refractivity contribution in [1.82, 2.24) is 19.9 Å². The SMILES string of the molecule is O=c1ccc2ccc(OCCCCN3CCN(c4cccc(C5CC5)n4)CC3)nc2[nH]1. The van der Waals surface area contributed by atoms with Gasteiger partial charge in [-0.2, -0.15) is 4.98 Å². The first-order valence-corrected chi connectivity index (χ1v) is 11.3. The highest BCUT2D eigenvalue weighted by Gasteiger charge is 2.26. The van der Waals surface area contributed by atoms with Gasteiger partial charge in [0, 0.05) is 55.3 Å². The zero-order valence-corrected chi connectivity index (χ0v) is 17.8. The normalized spacial score (nSPS) is 17.2. The summed E-state index contributed by atoms with van der Waals surface area (Å²) in [4.78, 5) is 28.4. The van der Waals surface area contributed by atoms with Gasteiger partial charge in [-0.1, -0.05) is 6.07 Å². The lowest BCUT2D eigenvalue weighted by atomic mass is 10.2. The van der Waals surface area contributed by atoms with Crippen molar-refractivity contribution < 1.29 is 4.74 Å². The van der Waals surface area contributed by atoms with Crippen LogP contribution in [0.25, 0.3) is 11.0 Å². The Balaban J connectivity index is 1.02. The summed E-state index contributed by atoms with van der Waals surface area (Å²) >= 11 is 0. The molecule has 2 fully saturated rings. The van der Waals surface area contributed by atoms with Gasteiger partial charge in [0.05, 0.1) is 6.61 Å². The van der Waals surface area contributed by atoms with Gasteiger partial charge < -0.3 is 14.6 Å². The third-order valence-electron chi connectivity index (χ3n) is 6.12. The highest BCUT2D eigenvalue weighted by atomic mass is 16.5. The van der Waals surface area contributed by atoms with Gasteiger partial charge in [0.1, 0.15) is 11.5 Å². The largest absolute Gasteiger partial charge is 0.478 e. The number of unbranched alkanes of at least 4 members (excludes halogenated alkanes) is 1. The predicted octanol–water partition coefficient (Wildman–Crippen LogP) is 3.18. The van der Waals surface area contributed by atoms with Gasteiger partial charge in [0.15, 0.2) is 0 Å². The van der Waals surface area contributed by atoms with Gasteiger partial charge in [-0.25, -0.2) is 4.98 Å². The van der Waals surface area contributed by atoms with Gasteiger partial charge in [-0.05, 0) is 56.5 Å². The molecule has 1 aliphatic heterocycles. The quantitative estimate of drug-likeness (QED) is 0.566. The molecular formula is C24H29N5O2. The van der Waals surface area contributed by atoms with Crippen molar-refractivity contribution in [2.45, 2.75) is 31.6 Å². The molecule has 1 N–H and O–H groups in total. The highest BCUT2D eigenvalue weighted by molar-refractivity contribution is 5.74. The van der Waals surface area contributed by atoms with E-state index in [9.17, 15) is 4.79 Å². The van der Waals surface area contributed by atoms with Crippen LogP contribution in [0, 0.1) is 0 Å². The number of fused-ring (bicyclic) bond motifs is 1. The first-order chi connectivity index (χ1) is 15.2. The molecule has 0 spiro atoms. The highest BCUT2D eigenvalue weighted by Crippen LogP contribution is 2.39. The number of H-pyrrole nitrogens is 1. The summed E-state index contributed by atoms with van der Waals surface area (Å²) in [5.41, 5.74) is 1.69. The van der Waals surface area contributed by atoms with Crippen LogP contribution in [0.4, 0.5) is 5.82 Å². The molecule has 7 nitrogen and oxygen atoms in total. The van der Waals surface area contributed by atoms with Gasteiger partial charge >= 0.3 is 0 Å². The lowest BCUT2D eigenvalue weighted by Gasteiger charge is -2.35. The Hall–Kier alpha value is -2.93. The second kappa shape index (κ2) is 9.06. The second-order valence-electron chi connectivity index (χ2n) is 8.49. The lowest BCUT2D eigenvalue weighted by molar-refractivity contribution is 0.236. The molecule has 2 aliphatic rings. The number of ether oxygens (including phenoxy) is 1. The lowest BCUT2D eigenvalue weighted by Crippen LogP contribution is -2.47. The number of aromatic nitrogens is 3. The number of pyridine rings is 3. The van der Waals surface area contributed by atoms with Crippen molar-refractivity contribution in [1.29, 1.82) is 0 Å². The van der Waals surface area contributed by atoms with E-state index in [1.807, 2.05) is 12.1 Å². The van der Waals surface area contributed by atoms with Crippen LogP contribution in [0.2, 0.25) is 0 Å². The topological polar surface area (TPSA) is 74.3 Å². The molecule has 0 unspecified atom stereocenters. The van der Waals surface area contributed by atoms with Gasteiger partial charge in [-0.15, -0.1) is 0 Å². The minimum absolute atomic E-state index is 0.149. The average Bonchev–Trinajstić information content (AvgIpc) is 3.65. The number of nitrogens with zero attached hydrogens (tertiary/aromatic N) is 4. The van der Waals surface area contributed by atoms with Crippen LogP contribution in [-0.4, -0.2) is 59.2 Å². The smallest absolute Gasteiger partial charge is 0.249 e. The van der Waals surface area contributed by atoms with Crippen molar-refractivity contribution >= 4 is 16.9 Å². The Morgan fingerprint density at radius 2 is 1.81 bits per heavy atom. The van der Waals surface area contributed by atoms with Crippen LogP contribution >= 0.6 is 0 Å². The fraction of sp³-hybridized carbons (Fsp3) is 0.458. The molecule has 162 valence electrons. The number of rotatable bonds is 8. The number of piperazine rings is 1. The van der Waals surface area contributed by atoms with E-state index in [1.165, 1.54) is 24.6 Å². The first kappa shape index (κ1) is 20.0. The third kappa shape index (κ3) is 5.05. The van der Waals surface area contributed by atoms with E-state index >= 15 is 0 Å². The standard InChI is InChI=1S/C24H29N5O2/c30-22-10-8-19-9-11-23(27-24(19)26-22)31-17-2-1-12-28-13-15-29(16-14-28)21-5-3-4-20(25-21)18-6-7-18/h3-5,8-11,18H,1-2,6-7,12-17H2,(H,26,27,30). The molecule has 0 atom stereocenters. The molecule has 0 amide bonds. The Bertz CT molecular complexity index is 1090. The first-order valence-electron chi connectivity index (χ1n) is 11.3. The molecule has 4 heterocycles. The average molecular weight is 420 g/mol. The molecule has 7 heteroatoms. The van der Waals surface area contributed by atoms with Crippen molar-refractivity contribution in [3.63, 3.8) is 0 Å². The molecule has 1 saturated carbocycles. The summed E-state index contributed by atoms with van der Waals surface area (Å²) in [5, 5.41) is 0.903. The molecule has 5 rings (SSSR count). The van der Waals surface area contributed by atoms with E-state index in [-0.39, 0.29) is 5.56 Å². The number of anilines is 1. The van der Waals surface area contributed by atoms with Gasteiger partial charge in [0.25, 0.3) is 0 Å². The number of aromatic amines is 1. The third-order valence-corrected chi connectivity index (χ3v) is 6.12. The van der Waals surface area contributed by atoms with Gasteiger partial charge in [0.2, 0.25) is 11.4 Å². The summed E-state index contributed by atoms with van der Waals surface area (Å²) < 4.78 is 5.79. The zero-order valence-electron chi connectivity index (χ0n) is 17.8. The minimum Gasteiger partial charge on any atom is -0.478 e. The maximum Gasteiger partial charge on any atom is 0.249 e. The Morgan fingerprint density at radius 3 is 2.65 bits per heavy atom. The molecule has 31 heavy (non-hydrogen) atoms. The fourth-order valence-corrected chi connectivity index (χ4v) is 4.13. The molecule has 1 saturated heterocycles. The molecule has 0 aromatic carbocycles. The van der Waals surface area contributed by atoms with E-state index in [4.69, 9.17) is 9.72 Å². The maximum absolute atomic E-state index is 11.4. The summed E-state index contributed by atoms with van der Waals surface area (Å²) in [6.07, 6.45) is 4.67. The molecule has 0 bridgehead atoms. The van der Waals surface area contributed by atoms with Crippen LogP contribution in [0.3, 0.4) is 0 Å². The minimum atomic E-state index is -0.149. The molecular weight excluding hydrogens is 390 g/mol. The van der Waals surface area contributed by atoms with Crippen LogP contribution in [0.1, 0.15) is 37.3 Å². The van der Waals surface area contributed by atoms with Crippen LogP contribution in [0.15, 0.2) is 47.3 Å². The Labute approximate surface area is 182 Å². The van der Waals surface area contributed by atoms with Crippen LogP contribution < -0.4 is 15.2 Å². The summed E-state index contributed by atoms with van der Waals surface area (Å²) in [6.45, 7) is 5.96. The predicted molar refractivity (Wildman–Crippen MR) is 122 cm³/mol. The molecule has 3 aromatic rings. The van der Waals surface area contributed by atoms with E-state index in [1.54, 1.807) is 6.07 Å². The van der Waals surface area contributed by atoms with Crippen molar-refractivity contribution in [2.24, 2.45) is 0 Å². The number of hydrogen-bond acceptors (Lipinski definition) is 6. The van der Waals surface area contributed by atoms with Crippen LogP contribution in [0.5, 0.6) is 5.88 Å². The van der Waals surface area contributed by atoms with E-state index in [0.29, 0.717) is 24.1 Å². The Kier molecular flexibility index (Phi) is 5.84. The number of nitrogens with one attached hydrogen (secondary N) is 1. The van der Waals surface area contributed by atoms with E-state index in [0.717, 1.165) is 56.8 Å². The monoisotopic (exact) mass is 419 g/mol. The van der Waals surface area contributed by atoms with Crippen molar-refractivity contribution in [2.75, 3.05) is 44.2 Å². The van der Waals surface area contributed by atoms with E-state index in [2.05, 4.69) is 38.0 Å². The molecule has 1 aliphatic carbocycles. The molecule has 0 radical (unpaired) electrons. The summed E-state index contributed by atoms with van der Waals surface area (Å²) in [7, 11) is 0. The maximum atomic E-state index is 11.4. The second-order valence-corrected chi connectivity index (χ2v) is 8.49. The summed E-state index contributed by atoms with van der Waals surface area (Å²) in [6, 6.07) is 13.5. The summed E-state index contributed by atoms with van der Waals surface area (Å²) in [5.74, 6) is 2.40. The van der Waals surface area contributed by atoms with E-state index < -0.39 is 0 Å². The Morgan fingerprint density at radius 1 is 0.968 bits per heavy atom. The zero-order chi connectivity index (χ0) is 21.0. The number of hydrogen-bond donors (Lipinski definition) is 1. The molecule has 3 aromatic heterocycles. The van der Waals surface area contributed by atoms with Gasteiger partial charge in [-0.3, -0.25) is 9.69 Å².